The van der Waals surface area contributed by atoms with Crippen molar-refractivity contribution >= 4 is 0 Å². The fourth-order valence-electron chi connectivity index (χ4n) is 1.80. The topological polar surface area (TPSA) is 55.6 Å². The third kappa shape index (κ3) is 2.38. The molecule has 0 aliphatic carbocycles. The number of tetrazole rings is 1. The molecule has 0 spiro atoms. The fourth-order valence-corrected chi connectivity index (χ4v) is 1.80. The fraction of sp³-hybridized carbons (Fsp3) is 0.417. The molecular formula is C12H16FN5. The minimum absolute atomic E-state index is 0.0380. The van der Waals surface area contributed by atoms with E-state index >= 15 is 0 Å². The smallest absolute Gasteiger partial charge is 0.168 e. The molecule has 2 atom stereocenters. The Bertz CT molecular complexity index is 525. The predicted molar refractivity (Wildman–Crippen MR) is 65.5 cm³/mol. The predicted octanol–water partition coefficient (Wildman–Crippen LogP) is 1.70. The molecule has 0 saturated heterocycles. The van der Waals surface area contributed by atoms with Crippen molar-refractivity contribution in [3.63, 3.8) is 0 Å². The van der Waals surface area contributed by atoms with E-state index < -0.39 is 0 Å². The zero-order valence-electron chi connectivity index (χ0n) is 10.6. The molecule has 2 aromatic rings. The number of halogens is 1. The lowest BCUT2D eigenvalue weighted by molar-refractivity contribution is 0.480. The molecule has 0 bridgehead atoms. The largest absolute Gasteiger partial charge is 0.311 e. The number of hydrogen-bond donors (Lipinski definition) is 1. The SMILES string of the molecule is CNC(C)c1nnnn1C(C)c1cccc(F)c1. The van der Waals surface area contributed by atoms with Crippen LogP contribution in [-0.2, 0) is 0 Å². The maximum Gasteiger partial charge on any atom is 0.168 e. The molecule has 2 unspecified atom stereocenters. The van der Waals surface area contributed by atoms with E-state index in [1.165, 1.54) is 12.1 Å². The van der Waals surface area contributed by atoms with Crippen LogP contribution >= 0.6 is 0 Å². The van der Waals surface area contributed by atoms with E-state index in [0.717, 1.165) is 11.4 Å². The monoisotopic (exact) mass is 249 g/mol. The number of hydrogen-bond acceptors (Lipinski definition) is 4. The molecule has 18 heavy (non-hydrogen) atoms. The van der Waals surface area contributed by atoms with E-state index in [1.807, 2.05) is 27.0 Å². The van der Waals surface area contributed by atoms with Crippen molar-refractivity contribution in [3.8, 4) is 0 Å². The molecule has 0 radical (unpaired) electrons. The highest BCUT2D eigenvalue weighted by Crippen LogP contribution is 2.20. The number of nitrogens with one attached hydrogen (secondary N) is 1. The molecule has 2 rings (SSSR count). The Morgan fingerprint density at radius 3 is 2.78 bits per heavy atom. The molecule has 1 aromatic heterocycles. The Hall–Kier alpha value is -1.82. The summed E-state index contributed by atoms with van der Waals surface area (Å²) >= 11 is 0. The quantitative estimate of drug-likeness (QED) is 0.896. The van der Waals surface area contributed by atoms with E-state index in [0.29, 0.717) is 0 Å². The highest BCUT2D eigenvalue weighted by Gasteiger charge is 2.18. The first-order valence-corrected chi connectivity index (χ1v) is 5.84. The highest BCUT2D eigenvalue weighted by atomic mass is 19.1. The van der Waals surface area contributed by atoms with Crippen LogP contribution in [0, 0.1) is 5.82 Å². The first kappa shape index (κ1) is 12.6. The van der Waals surface area contributed by atoms with Gasteiger partial charge in [-0.05, 0) is 49.0 Å². The Balaban J connectivity index is 2.34. The van der Waals surface area contributed by atoms with Gasteiger partial charge >= 0.3 is 0 Å². The van der Waals surface area contributed by atoms with E-state index in [-0.39, 0.29) is 17.9 Å². The normalized spacial score (nSPS) is 14.4. The summed E-state index contributed by atoms with van der Waals surface area (Å²) in [5.41, 5.74) is 0.840. The average molecular weight is 249 g/mol. The second-order valence-electron chi connectivity index (χ2n) is 4.22. The molecule has 0 amide bonds. The van der Waals surface area contributed by atoms with Gasteiger partial charge in [0.1, 0.15) is 5.82 Å². The van der Waals surface area contributed by atoms with Gasteiger partial charge in [0.2, 0.25) is 0 Å². The Kier molecular flexibility index (Phi) is 3.66. The van der Waals surface area contributed by atoms with Crippen molar-refractivity contribution in [2.75, 3.05) is 7.05 Å². The van der Waals surface area contributed by atoms with E-state index in [9.17, 15) is 4.39 Å². The second-order valence-corrected chi connectivity index (χ2v) is 4.22. The van der Waals surface area contributed by atoms with Crippen LogP contribution in [0.5, 0.6) is 0 Å². The summed E-state index contributed by atoms with van der Waals surface area (Å²) < 4.78 is 14.9. The molecule has 96 valence electrons. The summed E-state index contributed by atoms with van der Waals surface area (Å²) in [6.45, 7) is 3.91. The van der Waals surface area contributed by atoms with Crippen LogP contribution in [0.1, 0.15) is 37.3 Å². The van der Waals surface area contributed by atoms with Crippen molar-refractivity contribution in [1.82, 2.24) is 25.5 Å². The molecule has 1 aromatic carbocycles. The molecule has 0 aliphatic rings. The zero-order chi connectivity index (χ0) is 13.1. The van der Waals surface area contributed by atoms with Crippen molar-refractivity contribution in [2.24, 2.45) is 0 Å². The molecule has 0 saturated carbocycles. The van der Waals surface area contributed by atoms with E-state index in [1.54, 1.807) is 10.7 Å². The Morgan fingerprint density at radius 1 is 1.33 bits per heavy atom. The highest BCUT2D eigenvalue weighted by molar-refractivity contribution is 5.20. The van der Waals surface area contributed by atoms with Gasteiger partial charge in [-0.25, -0.2) is 9.07 Å². The van der Waals surface area contributed by atoms with Crippen LogP contribution in [0.4, 0.5) is 4.39 Å². The summed E-state index contributed by atoms with van der Waals surface area (Å²) in [5.74, 6) is 0.477. The maximum atomic E-state index is 13.2. The zero-order valence-corrected chi connectivity index (χ0v) is 10.6. The van der Waals surface area contributed by atoms with Crippen LogP contribution in [0.25, 0.3) is 0 Å². The standard InChI is InChI=1S/C12H16FN5/c1-8(14-3)12-15-16-17-18(12)9(2)10-5-4-6-11(13)7-10/h4-9,14H,1-3H3. The van der Waals surface area contributed by atoms with Gasteiger partial charge < -0.3 is 5.32 Å². The van der Waals surface area contributed by atoms with Crippen LogP contribution in [0.2, 0.25) is 0 Å². The summed E-state index contributed by atoms with van der Waals surface area (Å²) in [5, 5.41) is 14.8. The van der Waals surface area contributed by atoms with Crippen LogP contribution in [-0.4, -0.2) is 27.3 Å². The molecule has 6 heteroatoms. The van der Waals surface area contributed by atoms with Gasteiger partial charge in [-0.1, -0.05) is 12.1 Å². The molecule has 1 N–H and O–H groups in total. The lowest BCUT2D eigenvalue weighted by Gasteiger charge is -2.16. The number of aromatic nitrogens is 4. The molecule has 5 nitrogen and oxygen atoms in total. The van der Waals surface area contributed by atoms with Gasteiger partial charge in [-0.2, -0.15) is 0 Å². The lowest BCUT2D eigenvalue weighted by Crippen LogP contribution is -2.21. The van der Waals surface area contributed by atoms with Gasteiger partial charge in [0.25, 0.3) is 0 Å². The minimum Gasteiger partial charge on any atom is -0.311 e. The van der Waals surface area contributed by atoms with E-state index in [4.69, 9.17) is 0 Å². The maximum absolute atomic E-state index is 13.2. The number of rotatable bonds is 4. The molecule has 1 heterocycles. The molecular weight excluding hydrogens is 233 g/mol. The summed E-state index contributed by atoms with van der Waals surface area (Å²) in [7, 11) is 1.84. The average Bonchev–Trinajstić information content (AvgIpc) is 2.86. The molecule has 0 aliphatic heterocycles. The van der Waals surface area contributed by atoms with Crippen LogP contribution in [0.3, 0.4) is 0 Å². The van der Waals surface area contributed by atoms with Gasteiger partial charge in [0.15, 0.2) is 5.82 Å². The number of nitrogens with zero attached hydrogens (tertiary/aromatic N) is 4. The van der Waals surface area contributed by atoms with Crippen LogP contribution in [0.15, 0.2) is 24.3 Å². The van der Waals surface area contributed by atoms with Crippen LogP contribution < -0.4 is 5.32 Å². The van der Waals surface area contributed by atoms with Gasteiger partial charge in [0.05, 0.1) is 12.1 Å². The third-order valence-corrected chi connectivity index (χ3v) is 3.04. The minimum atomic E-state index is -0.254. The van der Waals surface area contributed by atoms with Crippen molar-refractivity contribution in [1.29, 1.82) is 0 Å². The molecule has 0 fully saturated rings. The summed E-state index contributed by atoms with van der Waals surface area (Å²) in [6, 6.07) is 6.40. The third-order valence-electron chi connectivity index (χ3n) is 3.04. The second kappa shape index (κ2) is 5.22. The van der Waals surface area contributed by atoms with Gasteiger partial charge in [-0.15, -0.1) is 5.10 Å². The lowest BCUT2D eigenvalue weighted by atomic mass is 10.1. The van der Waals surface area contributed by atoms with Crippen molar-refractivity contribution in [2.45, 2.75) is 25.9 Å². The first-order chi connectivity index (χ1) is 8.63. The Morgan fingerprint density at radius 2 is 2.11 bits per heavy atom. The van der Waals surface area contributed by atoms with Gasteiger partial charge in [0, 0.05) is 0 Å². The number of benzene rings is 1. The summed E-state index contributed by atoms with van der Waals surface area (Å²) in [4.78, 5) is 0. The first-order valence-electron chi connectivity index (χ1n) is 5.84. The Labute approximate surface area is 105 Å². The summed E-state index contributed by atoms with van der Waals surface area (Å²) in [6.07, 6.45) is 0. The van der Waals surface area contributed by atoms with E-state index in [2.05, 4.69) is 20.8 Å². The van der Waals surface area contributed by atoms with Gasteiger partial charge in [-0.3, -0.25) is 0 Å². The van der Waals surface area contributed by atoms with Crippen molar-refractivity contribution in [3.05, 3.63) is 41.5 Å². The van der Waals surface area contributed by atoms with Crippen molar-refractivity contribution < 1.29 is 4.39 Å².